The van der Waals surface area contributed by atoms with Crippen LogP contribution in [0.1, 0.15) is 24.3 Å². The summed E-state index contributed by atoms with van der Waals surface area (Å²) in [5.41, 5.74) is 0.752. The average Bonchev–Trinajstić information content (AvgIpc) is 2.19. The zero-order valence-corrected chi connectivity index (χ0v) is 7.72. The third-order valence-electron chi connectivity index (χ3n) is 2.07. The van der Waals surface area contributed by atoms with E-state index >= 15 is 0 Å². The first kappa shape index (κ1) is 10.4. The number of hydrogen-bond donors (Lipinski definition) is 1. The first-order chi connectivity index (χ1) is 6.75. The van der Waals surface area contributed by atoms with Crippen LogP contribution in [0.15, 0.2) is 30.3 Å². The molecule has 74 valence electrons. The summed E-state index contributed by atoms with van der Waals surface area (Å²) in [5, 5.41) is 8.94. The highest BCUT2D eigenvalue weighted by molar-refractivity contribution is 5.76. The molecule has 0 aliphatic rings. The lowest BCUT2D eigenvalue weighted by Crippen LogP contribution is -2.11. The SMILES string of the molecule is O=CCCC(C(=O)O)c1ccccc1. The summed E-state index contributed by atoms with van der Waals surface area (Å²) in [5.74, 6) is -1.44. The molecule has 3 nitrogen and oxygen atoms in total. The minimum absolute atomic E-state index is 0.284. The molecule has 0 heterocycles. The van der Waals surface area contributed by atoms with Crippen molar-refractivity contribution in [2.75, 3.05) is 0 Å². The lowest BCUT2D eigenvalue weighted by atomic mass is 9.95. The fourth-order valence-corrected chi connectivity index (χ4v) is 1.35. The van der Waals surface area contributed by atoms with E-state index < -0.39 is 11.9 Å². The number of carboxylic acids is 1. The predicted molar refractivity (Wildman–Crippen MR) is 52.1 cm³/mol. The first-order valence-corrected chi connectivity index (χ1v) is 4.47. The van der Waals surface area contributed by atoms with E-state index in [9.17, 15) is 9.59 Å². The van der Waals surface area contributed by atoms with Gasteiger partial charge in [-0.15, -0.1) is 0 Å². The monoisotopic (exact) mass is 192 g/mol. The van der Waals surface area contributed by atoms with Crippen LogP contribution < -0.4 is 0 Å². The van der Waals surface area contributed by atoms with E-state index in [1.54, 1.807) is 24.3 Å². The van der Waals surface area contributed by atoms with Crippen LogP contribution in [0.5, 0.6) is 0 Å². The molecule has 0 aromatic heterocycles. The molecule has 1 aromatic carbocycles. The second kappa shape index (κ2) is 5.17. The molecular formula is C11H12O3. The van der Waals surface area contributed by atoms with E-state index in [0.717, 1.165) is 11.8 Å². The predicted octanol–water partition coefficient (Wildman–Crippen LogP) is 1.83. The van der Waals surface area contributed by atoms with Crippen molar-refractivity contribution in [2.45, 2.75) is 18.8 Å². The number of carbonyl (C=O) groups excluding carboxylic acids is 1. The second-order valence-electron chi connectivity index (χ2n) is 3.05. The fraction of sp³-hybridized carbons (Fsp3) is 0.273. The summed E-state index contributed by atoms with van der Waals surface area (Å²) < 4.78 is 0. The Hall–Kier alpha value is -1.64. The molecule has 0 aliphatic carbocycles. The molecule has 1 atom stereocenters. The maximum Gasteiger partial charge on any atom is 0.310 e. The van der Waals surface area contributed by atoms with Gasteiger partial charge in [0.25, 0.3) is 0 Å². The van der Waals surface area contributed by atoms with Gasteiger partial charge in [0.15, 0.2) is 0 Å². The Morgan fingerprint density at radius 3 is 2.50 bits per heavy atom. The zero-order chi connectivity index (χ0) is 10.4. The number of benzene rings is 1. The summed E-state index contributed by atoms with van der Waals surface area (Å²) in [4.78, 5) is 21.1. The molecule has 0 saturated heterocycles. The van der Waals surface area contributed by atoms with Crippen molar-refractivity contribution >= 4 is 12.3 Å². The third kappa shape index (κ3) is 2.69. The molecule has 0 radical (unpaired) electrons. The van der Waals surface area contributed by atoms with E-state index in [-0.39, 0.29) is 6.42 Å². The van der Waals surface area contributed by atoms with E-state index in [1.165, 1.54) is 0 Å². The van der Waals surface area contributed by atoms with Crippen molar-refractivity contribution in [1.29, 1.82) is 0 Å². The van der Waals surface area contributed by atoms with E-state index in [1.807, 2.05) is 6.07 Å². The van der Waals surface area contributed by atoms with Crippen molar-refractivity contribution in [3.05, 3.63) is 35.9 Å². The Labute approximate surface area is 82.4 Å². The van der Waals surface area contributed by atoms with Gasteiger partial charge in [-0.25, -0.2) is 0 Å². The number of carboxylic acid groups (broad SMARTS) is 1. The molecule has 0 saturated carbocycles. The summed E-state index contributed by atoms with van der Waals surface area (Å²) in [7, 11) is 0. The molecule has 0 amide bonds. The molecular weight excluding hydrogens is 180 g/mol. The number of rotatable bonds is 5. The van der Waals surface area contributed by atoms with Crippen molar-refractivity contribution < 1.29 is 14.7 Å². The maximum absolute atomic E-state index is 10.9. The smallest absolute Gasteiger partial charge is 0.310 e. The molecule has 0 spiro atoms. The lowest BCUT2D eigenvalue weighted by Gasteiger charge is -2.10. The number of carbonyl (C=O) groups is 2. The van der Waals surface area contributed by atoms with E-state index in [0.29, 0.717) is 6.42 Å². The van der Waals surface area contributed by atoms with Gasteiger partial charge in [0.1, 0.15) is 6.29 Å². The molecule has 14 heavy (non-hydrogen) atoms. The summed E-state index contributed by atoms with van der Waals surface area (Å²) >= 11 is 0. The van der Waals surface area contributed by atoms with Gasteiger partial charge in [-0.3, -0.25) is 4.79 Å². The van der Waals surface area contributed by atoms with Crippen LogP contribution in [0, 0.1) is 0 Å². The highest BCUT2D eigenvalue weighted by atomic mass is 16.4. The fourth-order valence-electron chi connectivity index (χ4n) is 1.35. The van der Waals surface area contributed by atoms with Gasteiger partial charge < -0.3 is 9.90 Å². The normalized spacial score (nSPS) is 12.0. The van der Waals surface area contributed by atoms with Crippen LogP contribution >= 0.6 is 0 Å². The minimum Gasteiger partial charge on any atom is -0.481 e. The first-order valence-electron chi connectivity index (χ1n) is 4.47. The Kier molecular flexibility index (Phi) is 3.85. The standard InChI is InChI=1S/C11H12O3/c12-8-4-7-10(11(13)14)9-5-2-1-3-6-9/h1-3,5-6,8,10H,4,7H2,(H,13,14). The summed E-state index contributed by atoms with van der Waals surface area (Å²) in [6.45, 7) is 0. The lowest BCUT2D eigenvalue weighted by molar-refractivity contribution is -0.139. The molecule has 0 fully saturated rings. The van der Waals surface area contributed by atoms with Crippen molar-refractivity contribution in [3.63, 3.8) is 0 Å². The molecule has 0 aliphatic heterocycles. The number of aliphatic carboxylic acids is 1. The largest absolute Gasteiger partial charge is 0.481 e. The van der Waals surface area contributed by atoms with Crippen LogP contribution in [-0.4, -0.2) is 17.4 Å². The Bertz CT molecular complexity index is 306. The van der Waals surface area contributed by atoms with Crippen LogP contribution in [0.2, 0.25) is 0 Å². The van der Waals surface area contributed by atoms with Gasteiger partial charge in [-0.2, -0.15) is 0 Å². The summed E-state index contributed by atoms with van der Waals surface area (Å²) in [6, 6.07) is 8.97. The van der Waals surface area contributed by atoms with Crippen LogP contribution in [-0.2, 0) is 9.59 Å². The molecule has 0 bridgehead atoms. The maximum atomic E-state index is 10.9. The zero-order valence-electron chi connectivity index (χ0n) is 7.72. The van der Waals surface area contributed by atoms with Crippen molar-refractivity contribution in [3.8, 4) is 0 Å². The van der Waals surface area contributed by atoms with Gasteiger partial charge in [-0.1, -0.05) is 30.3 Å². The topological polar surface area (TPSA) is 54.4 Å². The number of aldehydes is 1. The minimum atomic E-state index is -0.877. The average molecular weight is 192 g/mol. The van der Waals surface area contributed by atoms with Gasteiger partial charge in [-0.05, 0) is 12.0 Å². The molecule has 3 heteroatoms. The van der Waals surface area contributed by atoms with Crippen molar-refractivity contribution in [2.24, 2.45) is 0 Å². The van der Waals surface area contributed by atoms with Gasteiger partial charge in [0.05, 0.1) is 5.92 Å². The van der Waals surface area contributed by atoms with E-state index in [2.05, 4.69) is 0 Å². The third-order valence-corrected chi connectivity index (χ3v) is 2.07. The highest BCUT2D eigenvalue weighted by Crippen LogP contribution is 2.20. The Balaban J connectivity index is 2.78. The van der Waals surface area contributed by atoms with E-state index in [4.69, 9.17) is 5.11 Å². The Morgan fingerprint density at radius 2 is 2.00 bits per heavy atom. The molecule has 1 N–H and O–H groups in total. The van der Waals surface area contributed by atoms with Crippen LogP contribution in [0.3, 0.4) is 0 Å². The molecule has 1 aromatic rings. The summed E-state index contributed by atoms with van der Waals surface area (Å²) in [6.07, 6.45) is 1.40. The van der Waals surface area contributed by atoms with Crippen molar-refractivity contribution in [1.82, 2.24) is 0 Å². The van der Waals surface area contributed by atoms with Gasteiger partial charge in [0, 0.05) is 6.42 Å². The second-order valence-corrected chi connectivity index (χ2v) is 3.05. The Morgan fingerprint density at radius 1 is 1.36 bits per heavy atom. The number of hydrogen-bond acceptors (Lipinski definition) is 2. The van der Waals surface area contributed by atoms with Crippen LogP contribution in [0.4, 0.5) is 0 Å². The molecule has 1 unspecified atom stereocenters. The van der Waals surface area contributed by atoms with Gasteiger partial charge >= 0.3 is 5.97 Å². The van der Waals surface area contributed by atoms with Crippen LogP contribution in [0.25, 0.3) is 0 Å². The highest BCUT2D eigenvalue weighted by Gasteiger charge is 2.18. The molecule has 1 rings (SSSR count). The quantitative estimate of drug-likeness (QED) is 0.724. The van der Waals surface area contributed by atoms with Gasteiger partial charge in [0.2, 0.25) is 0 Å².